The standard InChI is InChI=1S/C12H22N2O2/c1-2-11-13-9-12(15)14(11)7-6-10-5-3-4-8-16-10/h10-11,13H,2-9H2,1H3. The Kier molecular flexibility index (Phi) is 4.18. The molecule has 2 aliphatic heterocycles. The van der Waals surface area contributed by atoms with E-state index in [1.165, 1.54) is 12.8 Å². The number of amides is 1. The fraction of sp³-hybridized carbons (Fsp3) is 0.917. The molecular formula is C12H22N2O2. The third kappa shape index (κ3) is 2.74. The van der Waals surface area contributed by atoms with Crippen LogP contribution >= 0.6 is 0 Å². The summed E-state index contributed by atoms with van der Waals surface area (Å²) in [5.41, 5.74) is 0. The number of hydrogen-bond acceptors (Lipinski definition) is 3. The van der Waals surface area contributed by atoms with Crippen molar-refractivity contribution in [1.82, 2.24) is 10.2 Å². The summed E-state index contributed by atoms with van der Waals surface area (Å²) in [6.45, 7) is 4.35. The largest absolute Gasteiger partial charge is 0.378 e. The van der Waals surface area contributed by atoms with Crippen LogP contribution in [0.3, 0.4) is 0 Å². The summed E-state index contributed by atoms with van der Waals surface area (Å²) in [7, 11) is 0. The molecule has 0 radical (unpaired) electrons. The topological polar surface area (TPSA) is 41.6 Å². The molecule has 2 rings (SSSR count). The third-order valence-electron chi connectivity index (χ3n) is 3.54. The van der Waals surface area contributed by atoms with Crippen LogP contribution in [0.1, 0.15) is 39.0 Å². The van der Waals surface area contributed by atoms with Gasteiger partial charge >= 0.3 is 0 Å². The highest BCUT2D eigenvalue weighted by atomic mass is 16.5. The molecule has 0 aromatic carbocycles. The first-order valence-electron chi connectivity index (χ1n) is 6.45. The van der Waals surface area contributed by atoms with Gasteiger partial charge in [-0.3, -0.25) is 10.1 Å². The number of rotatable bonds is 4. The zero-order chi connectivity index (χ0) is 11.4. The van der Waals surface area contributed by atoms with Crippen LogP contribution in [0.2, 0.25) is 0 Å². The Bertz CT molecular complexity index is 239. The normalized spacial score (nSPS) is 31.1. The van der Waals surface area contributed by atoms with Crippen molar-refractivity contribution in [3.05, 3.63) is 0 Å². The van der Waals surface area contributed by atoms with Crippen molar-refractivity contribution < 1.29 is 9.53 Å². The lowest BCUT2D eigenvalue weighted by atomic mass is 10.1. The van der Waals surface area contributed by atoms with E-state index in [1.54, 1.807) is 0 Å². The highest BCUT2D eigenvalue weighted by molar-refractivity contribution is 5.80. The van der Waals surface area contributed by atoms with Gasteiger partial charge in [0.2, 0.25) is 5.91 Å². The van der Waals surface area contributed by atoms with Crippen LogP contribution in [0, 0.1) is 0 Å². The van der Waals surface area contributed by atoms with Gasteiger partial charge in [-0.1, -0.05) is 6.92 Å². The Hall–Kier alpha value is -0.610. The lowest BCUT2D eigenvalue weighted by Crippen LogP contribution is -2.39. The maximum absolute atomic E-state index is 11.6. The Morgan fingerprint density at radius 3 is 3.06 bits per heavy atom. The van der Waals surface area contributed by atoms with Gasteiger partial charge in [-0.2, -0.15) is 0 Å². The van der Waals surface area contributed by atoms with Gasteiger partial charge in [0.05, 0.1) is 18.8 Å². The van der Waals surface area contributed by atoms with Crippen molar-refractivity contribution in [3.63, 3.8) is 0 Å². The van der Waals surface area contributed by atoms with Gasteiger partial charge in [-0.05, 0) is 32.1 Å². The molecule has 2 heterocycles. The maximum atomic E-state index is 11.6. The van der Waals surface area contributed by atoms with Gasteiger partial charge in [0.1, 0.15) is 0 Å². The quantitative estimate of drug-likeness (QED) is 0.781. The van der Waals surface area contributed by atoms with Crippen LogP contribution in [0.25, 0.3) is 0 Å². The van der Waals surface area contributed by atoms with Crippen molar-refractivity contribution in [2.75, 3.05) is 19.7 Å². The number of nitrogens with zero attached hydrogens (tertiary/aromatic N) is 1. The first kappa shape index (κ1) is 11.9. The molecule has 2 atom stereocenters. The lowest BCUT2D eigenvalue weighted by Gasteiger charge is -2.27. The molecule has 4 nitrogen and oxygen atoms in total. The molecule has 0 spiro atoms. The maximum Gasteiger partial charge on any atom is 0.237 e. The summed E-state index contributed by atoms with van der Waals surface area (Å²) in [5.74, 6) is 0.239. The highest BCUT2D eigenvalue weighted by Crippen LogP contribution is 2.17. The molecule has 16 heavy (non-hydrogen) atoms. The minimum absolute atomic E-state index is 0.239. The SMILES string of the molecule is CCC1NCC(=O)N1CCC1CCCCO1. The summed E-state index contributed by atoms with van der Waals surface area (Å²) < 4.78 is 5.68. The van der Waals surface area contributed by atoms with Gasteiger partial charge in [0.25, 0.3) is 0 Å². The second kappa shape index (κ2) is 5.64. The van der Waals surface area contributed by atoms with E-state index >= 15 is 0 Å². The molecule has 0 aliphatic carbocycles. The van der Waals surface area contributed by atoms with E-state index in [9.17, 15) is 4.79 Å². The van der Waals surface area contributed by atoms with Crippen LogP contribution in [0.15, 0.2) is 0 Å². The molecule has 2 aliphatic rings. The van der Waals surface area contributed by atoms with E-state index in [0.29, 0.717) is 12.6 Å². The fourth-order valence-electron chi connectivity index (χ4n) is 2.55. The smallest absolute Gasteiger partial charge is 0.237 e. The summed E-state index contributed by atoms with van der Waals surface area (Å²) in [4.78, 5) is 13.6. The van der Waals surface area contributed by atoms with Gasteiger partial charge in [-0.15, -0.1) is 0 Å². The summed E-state index contributed by atoms with van der Waals surface area (Å²) in [6.07, 6.45) is 6.22. The first-order valence-corrected chi connectivity index (χ1v) is 6.45. The van der Waals surface area contributed by atoms with Crippen LogP contribution in [0.4, 0.5) is 0 Å². The van der Waals surface area contributed by atoms with E-state index < -0.39 is 0 Å². The lowest BCUT2D eigenvalue weighted by molar-refractivity contribution is -0.128. The average Bonchev–Trinajstić information content (AvgIpc) is 2.69. The Labute approximate surface area is 97.3 Å². The molecular weight excluding hydrogens is 204 g/mol. The molecule has 0 bridgehead atoms. The number of carbonyl (C=O) groups excluding carboxylic acids is 1. The third-order valence-corrected chi connectivity index (χ3v) is 3.54. The van der Waals surface area contributed by atoms with E-state index in [2.05, 4.69) is 12.2 Å². The fourth-order valence-corrected chi connectivity index (χ4v) is 2.55. The van der Waals surface area contributed by atoms with Gasteiger partial charge < -0.3 is 9.64 Å². The minimum Gasteiger partial charge on any atom is -0.378 e. The molecule has 1 amide bonds. The summed E-state index contributed by atoms with van der Waals surface area (Å²) in [5, 5.41) is 3.23. The molecule has 1 N–H and O–H groups in total. The van der Waals surface area contributed by atoms with E-state index in [4.69, 9.17) is 4.74 Å². The molecule has 0 aromatic rings. The summed E-state index contributed by atoms with van der Waals surface area (Å²) in [6, 6.07) is 0. The monoisotopic (exact) mass is 226 g/mol. The minimum atomic E-state index is 0.239. The number of nitrogens with one attached hydrogen (secondary N) is 1. The van der Waals surface area contributed by atoms with Crippen molar-refractivity contribution in [2.45, 2.75) is 51.3 Å². The van der Waals surface area contributed by atoms with Crippen LogP contribution in [-0.2, 0) is 9.53 Å². The van der Waals surface area contributed by atoms with Crippen molar-refractivity contribution in [2.24, 2.45) is 0 Å². The molecule has 0 saturated carbocycles. The van der Waals surface area contributed by atoms with E-state index in [1.807, 2.05) is 4.90 Å². The van der Waals surface area contributed by atoms with Crippen LogP contribution in [0.5, 0.6) is 0 Å². The predicted molar refractivity (Wildman–Crippen MR) is 62.0 cm³/mol. The van der Waals surface area contributed by atoms with E-state index in [-0.39, 0.29) is 12.1 Å². The van der Waals surface area contributed by atoms with Crippen molar-refractivity contribution >= 4 is 5.91 Å². The first-order chi connectivity index (χ1) is 7.81. The molecule has 2 saturated heterocycles. The van der Waals surface area contributed by atoms with E-state index in [0.717, 1.165) is 32.4 Å². The van der Waals surface area contributed by atoms with Crippen LogP contribution in [-0.4, -0.2) is 42.8 Å². The predicted octanol–water partition coefficient (Wildman–Crippen LogP) is 1.11. The molecule has 2 fully saturated rings. The highest BCUT2D eigenvalue weighted by Gasteiger charge is 2.29. The zero-order valence-electron chi connectivity index (χ0n) is 10.1. The second-order valence-electron chi connectivity index (χ2n) is 4.67. The second-order valence-corrected chi connectivity index (χ2v) is 4.67. The van der Waals surface area contributed by atoms with Crippen LogP contribution < -0.4 is 5.32 Å². The molecule has 4 heteroatoms. The van der Waals surface area contributed by atoms with Gasteiger partial charge in [0, 0.05) is 13.2 Å². The Balaban J connectivity index is 1.77. The number of carbonyl (C=O) groups is 1. The van der Waals surface area contributed by atoms with Crippen molar-refractivity contribution in [3.8, 4) is 0 Å². The number of ether oxygens (including phenoxy) is 1. The Morgan fingerprint density at radius 2 is 2.38 bits per heavy atom. The number of hydrogen-bond donors (Lipinski definition) is 1. The van der Waals surface area contributed by atoms with Gasteiger partial charge in [-0.25, -0.2) is 0 Å². The van der Waals surface area contributed by atoms with Crippen molar-refractivity contribution in [1.29, 1.82) is 0 Å². The zero-order valence-corrected chi connectivity index (χ0v) is 10.1. The average molecular weight is 226 g/mol. The van der Waals surface area contributed by atoms with Gasteiger partial charge in [0.15, 0.2) is 0 Å². The molecule has 2 unspecified atom stereocenters. The molecule has 92 valence electrons. The molecule has 0 aromatic heterocycles. The Morgan fingerprint density at radius 1 is 1.50 bits per heavy atom. The summed E-state index contributed by atoms with van der Waals surface area (Å²) >= 11 is 0.